The lowest BCUT2D eigenvalue weighted by atomic mass is 9.67. The second-order valence-corrected chi connectivity index (χ2v) is 7.03. The van der Waals surface area contributed by atoms with E-state index in [0.717, 1.165) is 31.5 Å². The van der Waals surface area contributed by atoms with Crippen LogP contribution in [-0.4, -0.2) is 50.6 Å². The third kappa shape index (κ3) is 5.87. The Kier molecular flexibility index (Phi) is 9.05. The molecule has 0 atom stereocenters. The van der Waals surface area contributed by atoms with Gasteiger partial charge in [-0.05, 0) is 70.5 Å². The first-order valence-corrected chi connectivity index (χ1v) is 8.88. The number of piperidine rings is 1. The summed E-state index contributed by atoms with van der Waals surface area (Å²) in [6.07, 6.45) is 8.00. The quantitative estimate of drug-likeness (QED) is 0.393. The van der Waals surface area contributed by atoms with Crippen molar-refractivity contribution in [3.63, 3.8) is 0 Å². The Morgan fingerprint density at radius 3 is 2.36 bits per heavy atom. The van der Waals surface area contributed by atoms with Crippen LogP contribution < -0.4 is 10.6 Å². The van der Waals surface area contributed by atoms with E-state index < -0.39 is 0 Å². The summed E-state index contributed by atoms with van der Waals surface area (Å²) >= 11 is 0. The molecule has 0 amide bonds. The third-order valence-electron chi connectivity index (χ3n) is 5.48. The van der Waals surface area contributed by atoms with Crippen LogP contribution in [0.15, 0.2) is 4.99 Å². The average Bonchev–Trinajstić information content (AvgIpc) is 2.45. The van der Waals surface area contributed by atoms with Crippen LogP contribution >= 0.6 is 24.0 Å². The van der Waals surface area contributed by atoms with Crippen LogP contribution in [0.25, 0.3) is 0 Å². The average molecular weight is 422 g/mol. The molecule has 1 saturated carbocycles. The Labute approximate surface area is 153 Å². The molecule has 0 aromatic heterocycles. The topological polar surface area (TPSA) is 39.7 Å². The number of nitrogens with zero attached hydrogens (tertiary/aromatic N) is 2. The van der Waals surface area contributed by atoms with Gasteiger partial charge >= 0.3 is 0 Å². The van der Waals surface area contributed by atoms with E-state index in [1.54, 1.807) is 0 Å². The minimum Gasteiger partial charge on any atom is -0.357 e. The van der Waals surface area contributed by atoms with Crippen molar-refractivity contribution >= 4 is 29.9 Å². The Bertz CT molecular complexity index is 328. The number of hydrogen-bond acceptors (Lipinski definition) is 2. The molecule has 22 heavy (non-hydrogen) atoms. The van der Waals surface area contributed by atoms with Crippen LogP contribution in [-0.2, 0) is 0 Å². The van der Waals surface area contributed by atoms with Gasteiger partial charge in [-0.15, -0.1) is 24.0 Å². The van der Waals surface area contributed by atoms with Crippen molar-refractivity contribution < 1.29 is 0 Å². The first kappa shape index (κ1) is 20.0. The third-order valence-corrected chi connectivity index (χ3v) is 5.48. The Hall–Kier alpha value is -0.0400. The molecule has 130 valence electrons. The van der Waals surface area contributed by atoms with E-state index in [2.05, 4.69) is 36.4 Å². The van der Waals surface area contributed by atoms with Gasteiger partial charge in [-0.1, -0.05) is 13.3 Å². The van der Waals surface area contributed by atoms with E-state index in [-0.39, 0.29) is 24.0 Å². The lowest BCUT2D eigenvalue weighted by Gasteiger charge is -2.40. The number of hydrogen-bond donors (Lipinski definition) is 2. The normalized spacial score (nSPS) is 22.6. The Morgan fingerprint density at radius 1 is 1.18 bits per heavy atom. The fraction of sp³-hybridized carbons (Fsp3) is 0.941. The van der Waals surface area contributed by atoms with Gasteiger partial charge in [0, 0.05) is 19.6 Å². The second kappa shape index (κ2) is 9.96. The van der Waals surface area contributed by atoms with Gasteiger partial charge in [0.15, 0.2) is 5.96 Å². The molecule has 1 aliphatic heterocycles. The highest BCUT2D eigenvalue weighted by Crippen LogP contribution is 2.43. The fourth-order valence-corrected chi connectivity index (χ4v) is 3.40. The van der Waals surface area contributed by atoms with Crippen LogP contribution in [0.3, 0.4) is 0 Å². The predicted octanol–water partition coefficient (Wildman–Crippen LogP) is 3.08. The van der Waals surface area contributed by atoms with Gasteiger partial charge in [-0.2, -0.15) is 0 Å². The van der Waals surface area contributed by atoms with E-state index in [1.807, 2.05) is 0 Å². The molecule has 0 bridgehead atoms. The zero-order valence-electron chi connectivity index (χ0n) is 14.7. The Balaban J connectivity index is 0.00000242. The lowest BCUT2D eigenvalue weighted by molar-refractivity contribution is 0.139. The maximum absolute atomic E-state index is 4.86. The number of guanidine groups is 1. The van der Waals surface area contributed by atoms with Crippen LogP contribution in [0, 0.1) is 11.3 Å². The minimum atomic E-state index is 0. The number of nitrogens with one attached hydrogen (secondary N) is 2. The molecule has 0 aromatic carbocycles. The molecule has 0 aromatic rings. The summed E-state index contributed by atoms with van der Waals surface area (Å²) in [6, 6.07) is 0. The molecule has 4 nitrogen and oxygen atoms in total. The molecular weight excluding hydrogens is 387 g/mol. The standard InChI is InChI=1S/C17H34N4.HI/c1-4-17(9-6-10-17)14-20-16(18-5-2)19-13-15-7-11-21(3)12-8-15;/h15H,4-14H2,1-3H3,(H2,18,19,20);1H. The summed E-state index contributed by atoms with van der Waals surface area (Å²) in [7, 11) is 2.22. The van der Waals surface area contributed by atoms with E-state index in [9.17, 15) is 0 Å². The maximum Gasteiger partial charge on any atom is 0.191 e. The van der Waals surface area contributed by atoms with Crippen molar-refractivity contribution in [1.82, 2.24) is 15.5 Å². The van der Waals surface area contributed by atoms with Gasteiger partial charge in [0.05, 0.1) is 0 Å². The van der Waals surface area contributed by atoms with E-state index in [0.29, 0.717) is 5.41 Å². The van der Waals surface area contributed by atoms with Crippen LogP contribution in [0.5, 0.6) is 0 Å². The first-order chi connectivity index (χ1) is 10.2. The van der Waals surface area contributed by atoms with Gasteiger partial charge < -0.3 is 15.5 Å². The van der Waals surface area contributed by atoms with Gasteiger partial charge in [-0.3, -0.25) is 4.99 Å². The van der Waals surface area contributed by atoms with Crippen molar-refractivity contribution in [2.45, 2.75) is 52.4 Å². The molecule has 0 spiro atoms. The molecule has 1 saturated heterocycles. The summed E-state index contributed by atoms with van der Waals surface area (Å²) < 4.78 is 0. The minimum absolute atomic E-state index is 0. The lowest BCUT2D eigenvalue weighted by Crippen LogP contribution is -2.43. The molecule has 2 fully saturated rings. The Morgan fingerprint density at radius 2 is 1.86 bits per heavy atom. The van der Waals surface area contributed by atoms with E-state index in [4.69, 9.17) is 4.99 Å². The largest absolute Gasteiger partial charge is 0.357 e. The highest BCUT2D eigenvalue weighted by Gasteiger charge is 2.34. The molecule has 1 heterocycles. The monoisotopic (exact) mass is 422 g/mol. The molecule has 2 rings (SSSR count). The SMILES string of the molecule is CCNC(=NCC1(CC)CCC1)NCC1CCN(C)CC1.I. The molecule has 0 unspecified atom stereocenters. The van der Waals surface area contributed by atoms with Gasteiger partial charge in [0.25, 0.3) is 0 Å². The first-order valence-electron chi connectivity index (χ1n) is 8.88. The van der Waals surface area contributed by atoms with Gasteiger partial charge in [0.1, 0.15) is 0 Å². The van der Waals surface area contributed by atoms with Crippen molar-refractivity contribution in [2.24, 2.45) is 16.3 Å². The molecule has 5 heteroatoms. The summed E-state index contributed by atoms with van der Waals surface area (Å²) in [5.74, 6) is 1.82. The van der Waals surface area contributed by atoms with Crippen molar-refractivity contribution in [3.05, 3.63) is 0 Å². The zero-order valence-corrected chi connectivity index (χ0v) is 17.0. The maximum atomic E-state index is 4.86. The summed E-state index contributed by atoms with van der Waals surface area (Å²) in [5, 5.41) is 6.97. The summed E-state index contributed by atoms with van der Waals surface area (Å²) in [4.78, 5) is 7.29. The smallest absolute Gasteiger partial charge is 0.191 e. The number of halogens is 1. The second-order valence-electron chi connectivity index (χ2n) is 7.03. The predicted molar refractivity (Wildman–Crippen MR) is 106 cm³/mol. The van der Waals surface area contributed by atoms with Crippen molar-refractivity contribution in [2.75, 3.05) is 39.8 Å². The molecule has 2 aliphatic rings. The zero-order chi connectivity index (χ0) is 15.1. The highest BCUT2D eigenvalue weighted by molar-refractivity contribution is 14.0. The van der Waals surface area contributed by atoms with Crippen molar-refractivity contribution in [3.8, 4) is 0 Å². The summed E-state index contributed by atoms with van der Waals surface area (Å²) in [6.45, 7) is 9.93. The molecular formula is C17H35IN4. The van der Waals surface area contributed by atoms with E-state index >= 15 is 0 Å². The van der Waals surface area contributed by atoms with Crippen molar-refractivity contribution in [1.29, 1.82) is 0 Å². The summed E-state index contributed by atoms with van der Waals surface area (Å²) in [5.41, 5.74) is 0.510. The van der Waals surface area contributed by atoms with Crippen LogP contribution in [0.4, 0.5) is 0 Å². The van der Waals surface area contributed by atoms with Gasteiger partial charge in [-0.25, -0.2) is 0 Å². The number of likely N-dealkylation sites (tertiary alicyclic amines) is 1. The van der Waals surface area contributed by atoms with Crippen LogP contribution in [0.2, 0.25) is 0 Å². The molecule has 0 radical (unpaired) electrons. The number of aliphatic imine (C=N–C) groups is 1. The molecule has 1 aliphatic carbocycles. The van der Waals surface area contributed by atoms with Gasteiger partial charge in [0.2, 0.25) is 0 Å². The number of rotatable bonds is 6. The van der Waals surface area contributed by atoms with E-state index in [1.165, 1.54) is 51.6 Å². The fourth-order valence-electron chi connectivity index (χ4n) is 3.40. The van der Waals surface area contributed by atoms with Crippen LogP contribution in [0.1, 0.15) is 52.4 Å². The molecule has 2 N–H and O–H groups in total. The highest BCUT2D eigenvalue weighted by atomic mass is 127.